The number of methoxy groups -OCH3 is 1. The summed E-state index contributed by atoms with van der Waals surface area (Å²) in [6.45, 7) is 6.61. The first-order valence-corrected chi connectivity index (χ1v) is 7.96. The highest BCUT2D eigenvalue weighted by Gasteiger charge is 2.28. The highest BCUT2D eigenvalue weighted by atomic mass is 16.5. The van der Waals surface area contributed by atoms with Crippen molar-refractivity contribution in [1.29, 1.82) is 0 Å². The second-order valence-corrected chi connectivity index (χ2v) is 5.97. The highest BCUT2D eigenvalue weighted by Crippen LogP contribution is 2.25. The van der Waals surface area contributed by atoms with Crippen LogP contribution in [0.2, 0.25) is 0 Å². The van der Waals surface area contributed by atoms with Gasteiger partial charge in [0.2, 0.25) is 5.82 Å². The summed E-state index contributed by atoms with van der Waals surface area (Å²) >= 11 is 0. The number of ether oxygens (including phenoxy) is 2. The van der Waals surface area contributed by atoms with Crippen LogP contribution in [0.15, 0.2) is 28.8 Å². The number of hydrogen-bond acceptors (Lipinski definition) is 7. The lowest BCUT2D eigenvalue weighted by Crippen LogP contribution is -2.42. The average molecular weight is 331 g/mol. The zero-order valence-corrected chi connectivity index (χ0v) is 14.1. The monoisotopic (exact) mass is 331 g/mol. The molecule has 1 aromatic carbocycles. The molecule has 1 aliphatic rings. The van der Waals surface area contributed by atoms with Crippen LogP contribution in [0, 0.1) is 0 Å². The Labute approximate surface area is 140 Å². The number of benzene rings is 1. The Morgan fingerprint density at radius 1 is 1.33 bits per heavy atom. The summed E-state index contributed by atoms with van der Waals surface area (Å²) in [4.78, 5) is 18.2. The number of nitrogens with zero attached hydrogens (tertiary/aromatic N) is 3. The third kappa shape index (κ3) is 3.47. The minimum absolute atomic E-state index is 0.211. The van der Waals surface area contributed by atoms with Crippen LogP contribution in [-0.4, -0.2) is 53.9 Å². The standard InChI is InChI=1S/C17H21N3O4/c1-11(2)20-8-9-23-14(10-20)16-18-15(19-24-16)12-4-6-13(7-5-12)17(21)22-3/h4-7,11,14H,8-10H2,1-3H3. The molecule has 1 fully saturated rings. The maximum absolute atomic E-state index is 11.5. The van der Waals surface area contributed by atoms with Gasteiger partial charge >= 0.3 is 5.97 Å². The summed E-state index contributed by atoms with van der Waals surface area (Å²) < 4.78 is 15.8. The van der Waals surface area contributed by atoms with Crippen molar-refractivity contribution >= 4 is 5.97 Å². The SMILES string of the molecule is COC(=O)c1ccc(-c2noc(C3CN(C(C)C)CCO3)n2)cc1. The molecular weight excluding hydrogens is 310 g/mol. The minimum Gasteiger partial charge on any atom is -0.465 e. The number of carbonyl (C=O) groups excluding carboxylic acids is 1. The molecule has 7 nitrogen and oxygen atoms in total. The van der Waals surface area contributed by atoms with Gasteiger partial charge in [0.1, 0.15) is 6.10 Å². The van der Waals surface area contributed by atoms with Crippen LogP contribution in [0.25, 0.3) is 11.4 Å². The number of rotatable bonds is 4. The minimum atomic E-state index is -0.375. The van der Waals surface area contributed by atoms with Gasteiger partial charge < -0.3 is 14.0 Å². The topological polar surface area (TPSA) is 77.7 Å². The Bertz CT molecular complexity index is 696. The number of aromatic nitrogens is 2. The van der Waals surface area contributed by atoms with Crippen molar-refractivity contribution in [3.05, 3.63) is 35.7 Å². The summed E-state index contributed by atoms with van der Waals surface area (Å²) in [5, 5.41) is 4.03. The van der Waals surface area contributed by atoms with Crippen molar-refractivity contribution < 1.29 is 18.8 Å². The van der Waals surface area contributed by atoms with Crippen LogP contribution >= 0.6 is 0 Å². The molecule has 0 N–H and O–H groups in total. The molecular formula is C17H21N3O4. The first-order valence-electron chi connectivity index (χ1n) is 7.96. The fraction of sp³-hybridized carbons (Fsp3) is 0.471. The molecule has 0 aliphatic carbocycles. The van der Waals surface area contributed by atoms with Gasteiger partial charge in [-0.2, -0.15) is 4.98 Å². The fourth-order valence-corrected chi connectivity index (χ4v) is 2.64. The Kier molecular flexibility index (Phi) is 4.92. The highest BCUT2D eigenvalue weighted by molar-refractivity contribution is 5.89. The van der Waals surface area contributed by atoms with Crippen molar-refractivity contribution in [3.8, 4) is 11.4 Å². The van der Waals surface area contributed by atoms with Crippen molar-refractivity contribution in [1.82, 2.24) is 15.0 Å². The largest absolute Gasteiger partial charge is 0.465 e. The lowest BCUT2D eigenvalue weighted by molar-refractivity contribution is -0.0539. The van der Waals surface area contributed by atoms with Crippen molar-refractivity contribution in [2.24, 2.45) is 0 Å². The van der Waals surface area contributed by atoms with E-state index in [1.807, 2.05) is 0 Å². The second-order valence-electron chi connectivity index (χ2n) is 5.97. The first-order chi connectivity index (χ1) is 11.6. The van der Waals surface area contributed by atoms with Crippen LogP contribution in [0.5, 0.6) is 0 Å². The number of esters is 1. The van der Waals surface area contributed by atoms with Crippen LogP contribution in [0.3, 0.4) is 0 Å². The molecule has 7 heteroatoms. The van der Waals surface area contributed by atoms with Gasteiger partial charge in [-0.1, -0.05) is 17.3 Å². The number of hydrogen-bond donors (Lipinski definition) is 0. The smallest absolute Gasteiger partial charge is 0.337 e. The van der Waals surface area contributed by atoms with Crippen molar-refractivity contribution in [3.63, 3.8) is 0 Å². The summed E-state index contributed by atoms with van der Waals surface area (Å²) in [6.07, 6.45) is -0.211. The molecule has 0 amide bonds. The van der Waals surface area contributed by atoms with Gasteiger partial charge in [-0.05, 0) is 26.0 Å². The van der Waals surface area contributed by atoms with Crippen LogP contribution in [0.1, 0.15) is 36.2 Å². The molecule has 0 spiro atoms. The van der Waals surface area contributed by atoms with Gasteiger partial charge in [-0.3, -0.25) is 4.90 Å². The predicted molar refractivity (Wildman–Crippen MR) is 86.5 cm³/mol. The van der Waals surface area contributed by atoms with Crippen LogP contribution < -0.4 is 0 Å². The fourth-order valence-electron chi connectivity index (χ4n) is 2.64. The molecule has 1 saturated heterocycles. The van der Waals surface area contributed by atoms with E-state index in [0.717, 1.165) is 18.7 Å². The normalized spacial score (nSPS) is 18.8. The van der Waals surface area contributed by atoms with Crippen LogP contribution in [-0.2, 0) is 9.47 Å². The maximum atomic E-state index is 11.5. The molecule has 1 aliphatic heterocycles. The maximum Gasteiger partial charge on any atom is 0.337 e. The lowest BCUT2D eigenvalue weighted by atomic mass is 10.1. The molecule has 24 heavy (non-hydrogen) atoms. The van der Waals surface area contributed by atoms with Gasteiger partial charge in [0, 0.05) is 24.7 Å². The van der Waals surface area contributed by atoms with E-state index in [9.17, 15) is 4.79 Å². The predicted octanol–water partition coefficient (Wildman–Crippen LogP) is 2.30. The third-order valence-electron chi connectivity index (χ3n) is 4.11. The Morgan fingerprint density at radius 3 is 2.75 bits per heavy atom. The summed E-state index contributed by atoms with van der Waals surface area (Å²) in [5.74, 6) is 0.582. The van der Waals surface area contributed by atoms with Gasteiger partial charge in [0.05, 0.1) is 19.3 Å². The van der Waals surface area contributed by atoms with Gasteiger partial charge in [0.25, 0.3) is 5.89 Å². The van der Waals surface area contributed by atoms with E-state index >= 15 is 0 Å². The molecule has 1 atom stereocenters. The van der Waals surface area contributed by atoms with Crippen molar-refractivity contribution in [2.45, 2.75) is 26.0 Å². The van der Waals surface area contributed by atoms with E-state index in [4.69, 9.17) is 9.26 Å². The first kappa shape index (κ1) is 16.6. The lowest BCUT2D eigenvalue weighted by Gasteiger charge is -2.33. The number of carbonyl (C=O) groups is 1. The third-order valence-corrected chi connectivity index (χ3v) is 4.11. The molecule has 3 rings (SSSR count). The molecule has 1 unspecified atom stereocenters. The van der Waals surface area contributed by atoms with E-state index in [1.54, 1.807) is 24.3 Å². The molecule has 0 radical (unpaired) electrons. The molecule has 0 saturated carbocycles. The van der Waals surface area contributed by atoms with E-state index in [-0.39, 0.29) is 12.1 Å². The zero-order chi connectivity index (χ0) is 17.1. The van der Waals surface area contributed by atoms with Crippen LogP contribution in [0.4, 0.5) is 0 Å². The summed E-state index contributed by atoms with van der Waals surface area (Å²) in [5.41, 5.74) is 1.25. The molecule has 2 aromatic rings. The van der Waals surface area contributed by atoms with E-state index in [2.05, 4.69) is 33.6 Å². The van der Waals surface area contributed by atoms with Gasteiger partial charge in [-0.25, -0.2) is 4.79 Å². The van der Waals surface area contributed by atoms with E-state index < -0.39 is 0 Å². The molecule has 1 aromatic heterocycles. The Morgan fingerprint density at radius 2 is 2.08 bits per heavy atom. The molecule has 0 bridgehead atoms. The zero-order valence-electron chi connectivity index (χ0n) is 14.1. The second kappa shape index (κ2) is 7.11. The van der Waals surface area contributed by atoms with Crippen molar-refractivity contribution in [2.75, 3.05) is 26.8 Å². The molecule has 128 valence electrons. The Hall–Kier alpha value is -2.25. The van der Waals surface area contributed by atoms with Gasteiger partial charge in [-0.15, -0.1) is 0 Å². The van der Waals surface area contributed by atoms with E-state index in [1.165, 1.54) is 7.11 Å². The van der Waals surface area contributed by atoms with Gasteiger partial charge in [0.15, 0.2) is 0 Å². The Balaban J connectivity index is 1.74. The van der Waals surface area contributed by atoms with E-state index in [0.29, 0.717) is 29.9 Å². The number of morpholine rings is 1. The molecule has 2 heterocycles. The summed E-state index contributed by atoms with van der Waals surface area (Å²) in [6, 6.07) is 7.33. The summed E-state index contributed by atoms with van der Waals surface area (Å²) in [7, 11) is 1.35. The average Bonchev–Trinajstić information content (AvgIpc) is 3.11. The quantitative estimate of drug-likeness (QED) is 0.796.